The maximum atomic E-state index is 13.1. The zero-order valence-corrected chi connectivity index (χ0v) is 16.9. The Kier molecular flexibility index (Phi) is 4.99. The largest absolute Gasteiger partial charge is 0.308 e. The second-order valence-corrected chi connectivity index (χ2v) is 9.10. The number of aryl methyl sites for hydroxylation is 1. The molecule has 0 aliphatic carbocycles. The lowest BCUT2D eigenvalue weighted by atomic mass is 10.1. The predicted molar refractivity (Wildman–Crippen MR) is 105 cm³/mol. The van der Waals surface area contributed by atoms with Gasteiger partial charge in [0.05, 0.1) is 9.82 Å². The van der Waals surface area contributed by atoms with E-state index in [1.807, 2.05) is 0 Å². The van der Waals surface area contributed by atoms with Gasteiger partial charge in [0.1, 0.15) is 0 Å². The zero-order valence-electron chi connectivity index (χ0n) is 16.1. The Hall–Kier alpha value is -2.78. The number of hydrogen-bond acceptors (Lipinski definition) is 5. The van der Waals surface area contributed by atoms with Crippen LogP contribution in [0.4, 0.5) is 11.4 Å². The summed E-state index contributed by atoms with van der Waals surface area (Å²) in [6.07, 6.45) is 0.510. The van der Waals surface area contributed by atoms with Gasteiger partial charge in [-0.25, -0.2) is 12.7 Å². The van der Waals surface area contributed by atoms with Gasteiger partial charge in [-0.05, 0) is 55.2 Å². The van der Waals surface area contributed by atoms with Gasteiger partial charge in [-0.3, -0.25) is 14.9 Å². The van der Waals surface area contributed by atoms with E-state index in [2.05, 4.69) is 0 Å². The highest BCUT2D eigenvalue weighted by molar-refractivity contribution is 7.89. The fourth-order valence-corrected chi connectivity index (χ4v) is 4.50. The van der Waals surface area contributed by atoms with Crippen LogP contribution < -0.4 is 4.90 Å². The minimum absolute atomic E-state index is 0.0152. The molecule has 0 aromatic heterocycles. The van der Waals surface area contributed by atoms with Gasteiger partial charge in [0.15, 0.2) is 0 Å². The van der Waals surface area contributed by atoms with Crippen LogP contribution in [0.2, 0.25) is 0 Å². The summed E-state index contributed by atoms with van der Waals surface area (Å²) in [7, 11) is -0.804. The number of nitrogens with zero attached hydrogens (tertiary/aromatic N) is 3. The molecule has 0 spiro atoms. The SMILES string of the molecule is Cc1cc(C(=O)N2CCc3cc([N+](=O)[O-])ccc32)cc(S(=O)(=O)N(C)C)c1C. The van der Waals surface area contributed by atoms with Crippen LogP contribution in [0.5, 0.6) is 0 Å². The van der Waals surface area contributed by atoms with Crippen LogP contribution in [0.3, 0.4) is 0 Å². The van der Waals surface area contributed by atoms with Crippen LogP contribution in [-0.4, -0.2) is 44.2 Å². The number of hydrogen-bond donors (Lipinski definition) is 0. The Morgan fingerprint density at radius 2 is 1.86 bits per heavy atom. The van der Waals surface area contributed by atoms with Gasteiger partial charge >= 0.3 is 0 Å². The van der Waals surface area contributed by atoms with Crippen molar-refractivity contribution < 1.29 is 18.1 Å². The van der Waals surface area contributed by atoms with Gasteiger partial charge in [-0.15, -0.1) is 0 Å². The van der Waals surface area contributed by atoms with Crippen LogP contribution in [-0.2, 0) is 16.4 Å². The van der Waals surface area contributed by atoms with Gasteiger partial charge in [0.2, 0.25) is 10.0 Å². The van der Waals surface area contributed by atoms with Gasteiger partial charge in [0, 0.05) is 44.0 Å². The van der Waals surface area contributed by atoms with Crippen LogP contribution in [0.15, 0.2) is 35.2 Å². The lowest BCUT2D eigenvalue weighted by Crippen LogP contribution is -2.30. The fraction of sp³-hybridized carbons (Fsp3) is 0.316. The molecule has 2 aromatic rings. The summed E-state index contributed by atoms with van der Waals surface area (Å²) in [5, 5.41) is 11.0. The number of benzene rings is 2. The Balaban J connectivity index is 2.04. The number of amides is 1. The van der Waals surface area contributed by atoms with Crippen molar-refractivity contribution in [3.05, 3.63) is 62.7 Å². The molecule has 1 amide bonds. The molecule has 0 fully saturated rings. The Labute approximate surface area is 163 Å². The number of nitro benzene ring substituents is 1. The molecule has 1 aliphatic heterocycles. The highest BCUT2D eigenvalue weighted by atomic mass is 32.2. The summed E-state index contributed by atoms with van der Waals surface area (Å²) < 4.78 is 26.4. The van der Waals surface area contributed by atoms with Crippen molar-refractivity contribution in [2.45, 2.75) is 25.2 Å². The summed E-state index contributed by atoms with van der Waals surface area (Å²) in [5.41, 5.74) is 2.91. The van der Waals surface area contributed by atoms with Crippen LogP contribution in [0.25, 0.3) is 0 Å². The Morgan fingerprint density at radius 3 is 2.46 bits per heavy atom. The first kappa shape index (κ1) is 20.0. The maximum Gasteiger partial charge on any atom is 0.269 e. The number of carbonyl (C=O) groups is 1. The smallest absolute Gasteiger partial charge is 0.269 e. The number of sulfonamides is 1. The van der Waals surface area contributed by atoms with Gasteiger partial charge < -0.3 is 4.90 Å². The molecule has 0 bridgehead atoms. The van der Waals surface area contributed by atoms with Crippen LogP contribution in [0.1, 0.15) is 27.0 Å². The average Bonchev–Trinajstić information content (AvgIpc) is 3.05. The summed E-state index contributed by atoms with van der Waals surface area (Å²) in [6.45, 7) is 3.87. The molecule has 1 aliphatic rings. The van der Waals surface area contributed by atoms with Crippen molar-refractivity contribution in [2.75, 3.05) is 25.5 Å². The first-order valence-corrected chi connectivity index (χ1v) is 10.1. The molecule has 2 aromatic carbocycles. The molecular weight excluding hydrogens is 382 g/mol. The van der Waals surface area contributed by atoms with Crippen molar-refractivity contribution >= 4 is 27.3 Å². The highest BCUT2D eigenvalue weighted by Gasteiger charge is 2.29. The van der Waals surface area contributed by atoms with Crippen molar-refractivity contribution in [3.63, 3.8) is 0 Å². The summed E-state index contributed by atoms with van der Waals surface area (Å²) in [6, 6.07) is 7.49. The maximum absolute atomic E-state index is 13.1. The molecule has 9 heteroatoms. The Morgan fingerprint density at radius 1 is 1.18 bits per heavy atom. The van der Waals surface area contributed by atoms with Crippen LogP contribution in [0, 0.1) is 24.0 Å². The fourth-order valence-electron chi connectivity index (χ4n) is 3.28. The van der Waals surface area contributed by atoms with Crippen molar-refractivity contribution in [1.29, 1.82) is 0 Å². The van der Waals surface area contributed by atoms with E-state index in [0.717, 1.165) is 9.87 Å². The van der Waals surface area contributed by atoms with Crippen molar-refractivity contribution in [1.82, 2.24) is 4.31 Å². The monoisotopic (exact) mass is 403 g/mol. The third kappa shape index (κ3) is 3.27. The van der Waals surface area contributed by atoms with E-state index in [4.69, 9.17) is 0 Å². The second kappa shape index (κ2) is 6.99. The average molecular weight is 403 g/mol. The van der Waals surface area contributed by atoms with Gasteiger partial charge in [-0.1, -0.05) is 0 Å². The molecule has 0 saturated heterocycles. The van der Waals surface area contributed by atoms with E-state index < -0.39 is 14.9 Å². The minimum atomic E-state index is -3.70. The molecule has 0 saturated carbocycles. The highest BCUT2D eigenvalue weighted by Crippen LogP contribution is 2.33. The lowest BCUT2D eigenvalue weighted by molar-refractivity contribution is -0.384. The zero-order chi connectivity index (χ0) is 20.8. The van der Waals surface area contributed by atoms with Crippen LogP contribution >= 0.6 is 0 Å². The van der Waals surface area contributed by atoms with Gasteiger partial charge in [0.25, 0.3) is 11.6 Å². The van der Waals surface area contributed by atoms with E-state index in [9.17, 15) is 23.3 Å². The molecule has 0 N–H and O–H groups in total. The molecule has 0 radical (unpaired) electrons. The second-order valence-electron chi connectivity index (χ2n) is 6.98. The third-order valence-corrected chi connectivity index (χ3v) is 6.98. The standard InChI is InChI=1S/C19H21N3O5S/c1-12-9-15(11-18(13(12)2)28(26,27)20(3)4)19(23)21-8-7-14-10-16(22(24)25)5-6-17(14)21/h5-6,9-11H,7-8H2,1-4H3. The van der Waals surface area contributed by atoms with E-state index in [1.54, 1.807) is 26.0 Å². The number of non-ortho nitro benzene ring substituents is 1. The van der Waals surface area contributed by atoms with Crippen molar-refractivity contribution in [2.24, 2.45) is 0 Å². The molecular formula is C19H21N3O5S. The summed E-state index contributed by atoms with van der Waals surface area (Å²) in [5.74, 6) is -0.328. The number of rotatable bonds is 4. The first-order valence-electron chi connectivity index (χ1n) is 8.67. The van der Waals surface area contributed by atoms with E-state index >= 15 is 0 Å². The molecule has 1 heterocycles. The molecule has 28 heavy (non-hydrogen) atoms. The van der Waals surface area contributed by atoms with Gasteiger partial charge in [-0.2, -0.15) is 0 Å². The number of fused-ring (bicyclic) bond motifs is 1. The summed E-state index contributed by atoms with van der Waals surface area (Å²) in [4.78, 5) is 25.3. The van der Waals surface area contributed by atoms with E-state index in [1.165, 1.54) is 37.2 Å². The Bertz CT molecular complexity index is 1090. The third-order valence-electron chi connectivity index (χ3n) is 5.04. The number of anilines is 1. The number of nitro groups is 1. The molecule has 0 atom stereocenters. The van der Waals surface area contributed by atoms with Crippen molar-refractivity contribution in [3.8, 4) is 0 Å². The van der Waals surface area contributed by atoms with E-state index in [0.29, 0.717) is 29.8 Å². The minimum Gasteiger partial charge on any atom is -0.308 e. The van der Waals surface area contributed by atoms with E-state index in [-0.39, 0.29) is 22.1 Å². The topological polar surface area (TPSA) is 101 Å². The quantitative estimate of drug-likeness (QED) is 0.577. The molecule has 3 rings (SSSR count). The first-order chi connectivity index (χ1) is 13.0. The summed E-state index contributed by atoms with van der Waals surface area (Å²) >= 11 is 0. The molecule has 8 nitrogen and oxygen atoms in total. The normalized spacial score (nSPS) is 13.7. The lowest BCUT2D eigenvalue weighted by Gasteiger charge is -2.20. The molecule has 148 valence electrons. The number of carbonyl (C=O) groups excluding carboxylic acids is 1. The predicted octanol–water partition coefficient (Wildman–Crippen LogP) is 2.66. The molecule has 0 unspecified atom stereocenters.